The minimum absolute atomic E-state index is 0.117. The van der Waals surface area contributed by atoms with Crippen molar-refractivity contribution in [2.24, 2.45) is 11.8 Å². The van der Waals surface area contributed by atoms with Crippen LogP contribution < -0.4 is 0 Å². The van der Waals surface area contributed by atoms with Crippen LogP contribution in [0.1, 0.15) is 43.7 Å². The molecule has 5 nitrogen and oxygen atoms in total. The molecule has 1 saturated heterocycles. The molecule has 5 heteroatoms. The molecule has 2 fully saturated rings. The number of carbonyl (C=O) groups excluding carboxylic acids is 1. The normalized spacial score (nSPS) is 28.8. The van der Waals surface area contributed by atoms with Gasteiger partial charge in [0.2, 0.25) is 5.91 Å². The van der Waals surface area contributed by atoms with Gasteiger partial charge in [0.15, 0.2) is 0 Å². The lowest BCUT2D eigenvalue weighted by molar-refractivity contribution is -0.141. The molecule has 1 N–H and O–H groups in total. The molecule has 2 aliphatic rings. The summed E-state index contributed by atoms with van der Waals surface area (Å²) < 4.78 is 0. The van der Waals surface area contributed by atoms with E-state index in [0.29, 0.717) is 19.3 Å². The van der Waals surface area contributed by atoms with Crippen LogP contribution in [0.25, 0.3) is 0 Å². The van der Waals surface area contributed by atoms with E-state index in [1.165, 1.54) is 0 Å². The first-order chi connectivity index (χ1) is 10.2. The lowest BCUT2D eigenvalue weighted by Gasteiger charge is -2.27. The third-order valence-electron chi connectivity index (χ3n) is 4.76. The summed E-state index contributed by atoms with van der Waals surface area (Å²) in [6, 6.07) is 4.06. The predicted molar refractivity (Wildman–Crippen MR) is 76.4 cm³/mol. The topological polar surface area (TPSA) is 70.5 Å². The number of pyridine rings is 1. The van der Waals surface area contributed by atoms with Crippen LogP contribution in [0.4, 0.5) is 0 Å². The summed E-state index contributed by atoms with van der Waals surface area (Å²) >= 11 is 0. The maximum absolute atomic E-state index is 12.7. The van der Waals surface area contributed by atoms with Crippen molar-refractivity contribution in [2.75, 3.05) is 6.54 Å². The first-order valence-corrected chi connectivity index (χ1v) is 7.60. The molecule has 21 heavy (non-hydrogen) atoms. The molecule has 1 unspecified atom stereocenters. The maximum Gasteiger partial charge on any atom is 0.306 e. The highest BCUT2D eigenvalue weighted by molar-refractivity contribution is 5.81. The Labute approximate surface area is 124 Å². The van der Waals surface area contributed by atoms with Crippen molar-refractivity contribution in [3.63, 3.8) is 0 Å². The van der Waals surface area contributed by atoms with Gasteiger partial charge in [-0.2, -0.15) is 0 Å². The summed E-state index contributed by atoms with van der Waals surface area (Å²) in [4.78, 5) is 29.7. The maximum atomic E-state index is 12.7. The van der Waals surface area contributed by atoms with Crippen molar-refractivity contribution >= 4 is 11.9 Å². The van der Waals surface area contributed by atoms with Gasteiger partial charge in [0.05, 0.1) is 12.0 Å². The van der Waals surface area contributed by atoms with E-state index >= 15 is 0 Å². The van der Waals surface area contributed by atoms with E-state index in [9.17, 15) is 9.59 Å². The molecule has 2 heterocycles. The van der Waals surface area contributed by atoms with Crippen molar-refractivity contribution in [3.8, 4) is 0 Å². The van der Waals surface area contributed by atoms with Gasteiger partial charge in [-0.05, 0) is 49.8 Å². The van der Waals surface area contributed by atoms with Gasteiger partial charge in [0, 0.05) is 24.9 Å². The average Bonchev–Trinajstić information content (AvgIpc) is 3.17. The van der Waals surface area contributed by atoms with Gasteiger partial charge in [-0.25, -0.2) is 0 Å². The summed E-state index contributed by atoms with van der Waals surface area (Å²) in [6.07, 6.45) is 7.32. The Morgan fingerprint density at radius 3 is 2.52 bits per heavy atom. The highest BCUT2D eigenvalue weighted by Crippen LogP contribution is 2.38. The Hall–Kier alpha value is -1.91. The quantitative estimate of drug-likeness (QED) is 0.926. The second-order valence-corrected chi connectivity index (χ2v) is 6.02. The SMILES string of the molecule is O=C(O)[C@H]1CC[C@@H](C(=O)N2CCCC2c2ccncc2)C1. The molecule has 0 aromatic carbocycles. The molecular weight excluding hydrogens is 268 g/mol. The number of amides is 1. The molecule has 1 saturated carbocycles. The van der Waals surface area contributed by atoms with Gasteiger partial charge in [-0.3, -0.25) is 14.6 Å². The van der Waals surface area contributed by atoms with Gasteiger partial charge >= 0.3 is 5.97 Å². The third kappa shape index (κ3) is 2.77. The summed E-state index contributed by atoms with van der Waals surface area (Å²) in [5, 5.41) is 9.08. The molecule has 3 rings (SSSR count). The molecule has 0 bridgehead atoms. The number of hydrogen-bond acceptors (Lipinski definition) is 3. The van der Waals surface area contributed by atoms with E-state index in [2.05, 4.69) is 4.98 Å². The Kier molecular flexibility index (Phi) is 3.90. The second-order valence-electron chi connectivity index (χ2n) is 6.02. The lowest BCUT2D eigenvalue weighted by atomic mass is 10.0. The highest BCUT2D eigenvalue weighted by atomic mass is 16.4. The Balaban J connectivity index is 1.71. The van der Waals surface area contributed by atoms with Gasteiger partial charge in [0.25, 0.3) is 0 Å². The van der Waals surface area contributed by atoms with Crippen LogP contribution in [0.2, 0.25) is 0 Å². The van der Waals surface area contributed by atoms with Crippen LogP contribution in [0.15, 0.2) is 24.5 Å². The smallest absolute Gasteiger partial charge is 0.306 e. The van der Waals surface area contributed by atoms with Crippen molar-refractivity contribution < 1.29 is 14.7 Å². The summed E-state index contributed by atoms with van der Waals surface area (Å²) in [6.45, 7) is 0.778. The molecule has 1 aliphatic carbocycles. The van der Waals surface area contributed by atoms with E-state index in [4.69, 9.17) is 5.11 Å². The average molecular weight is 288 g/mol. The fourth-order valence-electron chi connectivity index (χ4n) is 3.63. The molecule has 1 aromatic heterocycles. The molecule has 0 spiro atoms. The monoisotopic (exact) mass is 288 g/mol. The fraction of sp³-hybridized carbons (Fsp3) is 0.562. The number of aliphatic carboxylic acids is 1. The van der Waals surface area contributed by atoms with Crippen LogP contribution >= 0.6 is 0 Å². The van der Waals surface area contributed by atoms with Crippen LogP contribution in [0.5, 0.6) is 0 Å². The predicted octanol–water partition coefficient (Wildman–Crippen LogP) is 2.25. The zero-order valence-electron chi connectivity index (χ0n) is 11.9. The Bertz CT molecular complexity index is 532. The van der Waals surface area contributed by atoms with Gasteiger partial charge in [-0.1, -0.05) is 0 Å². The van der Waals surface area contributed by atoms with Gasteiger partial charge in [0.1, 0.15) is 0 Å². The number of aromatic nitrogens is 1. The van der Waals surface area contributed by atoms with Gasteiger partial charge in [-0.15, -0.1) is 0 Å². The van der Waals surface area contributed by atoms with Crippen molar-refractivity contribution in [3.05, 3.63) is 30.1 Å². The standard InChI is InChI=1S/C16H20N2O3/c19-15(12-3-4-13(10-12)16(20)21)18-9-1-2-14(18)11-5-7-17-8-6-11/h5-8,12-14H,1-4,9-10H2,(H,20,21)/t12-,13+,14?/m1/s1. The number of rotatable bonds is 3. The molecule has 1 amide bonds. The minimum atomic E-state index is -0.766. The van der Waals surface area contributed by atoms with E-state index < -0.39 is 5.97 Å². The van der Waals surface area contributed by atoms with Crippen LogP contribution in [-0.2, 0) is 9.59 Å². The molecule has 3 atom stereocenters. The number of hydrogen-bond donors (Lipinski definition) is 1. The molecule has 1 aromatic rings. The molecule has 0 radical (unpaired) electrons. The first-order valence-electron chi connectivity index (χ1n) is 7.60. The molecule has 112 valence electrons. The third-order valence-corrected chi connectivity index (χ3v) is 4.76. The van der Waals surface area contributed by atoms with Gasteiger partial charge < -0.3 is 10.0 Å². The van der Waals surface area contributed by atoms with Crippen LogP contribution in [0, 0.1) is 11.8 Å². The summed E-state index contributed by atoms with van der Waals surface area (Å²) in [5.41, 5.74) is 1.13. The fourth-order valence-corrected chi connectivity index (χ4v) is 3.63. The van der Waals surface area contributed by atoms with Crippen molar-refractivity contribution in [1.82, 2.24) is 9.88 Å². The van der Waals surface area contributed by atoms with E-state index in [-0.39, 0.29) is 23.8 Å². The Morgan fingerprint density at radius 1 is 1.14 bits per heavy atom. The number of carboxylic acids is 1. The minimum Gasteiger partial charge on any atom is -0.481 e. The second kappa shape index (κ2) is 5.84. The first kappa shape index (κ1) is 14.0. The van der Waals surface area contributed by atoms with E-state index in [1.54, 1.807) is 12.4 Å². The van der Waals surface area contributed by atoms with Crippen molar-refractivity contribution in [1.29, 1.82) is 0 Å². The number of carboxylic acid groups (broad SMARTS) is 1. The molecule has 1 aliphatic heterocycles. The number of likely N-dealkylation sites (tertiary alicyclic amines) is 1. The summed E-state index contributed by atoms with van der Waals surface area (Å²) in [5.74, 6) is -1.09. The lowest BCUT2D eigenvalue weighted by Crippen LogP contribution is -2.35. The summed E-state index contributed by atoms with van der Waals surface area (Å²) in [7, 11) is 0. The van der Waals surface area contributed by atoms with Crippen LogP contribution in [0.3, 0.4) is 0 Å². The highest BCUT2D eigenvalue weighted by Gasteiger charge is 2.39. The molecular formula is C16H20N2O3. The Morgan fingerprint density at radius 2 is 1.86 bits per heavy atom. The zero-order valence-corrected chi connectivity index (χ0v) is 11.9. The van der Waals surface area contributed by atoms with E-state index in [0.717, 1.165) is 24.9 Å². The van der Waals surface area contributed by atoms with Crippen molar-refractivity contribution in [2.45, 2.75) is 38.1 Å². The van der Waals surface area contributed by atoms with E-state index in [1.807, 2.05) is 17.0 Å². The number of carbonyl (C=O) groups is 2. The number of nitrogens with zero attached hydrogens (tertiary/aromatic N) is 2. The zero-order chi connectivity index (χ0) is 14.8. The van der Waals surface area contributed by atoms with Crippen LogP contribution in [-0.4, -0.2) is 33.4 Å². The largest absolute Gasteiger partial charge is 0.481 e.